The molecule has 1 saturated carbocycles. The quantitative estimate of drug-likeness (QED) is 0.665. The van der Waals surface area contributed by atoms with Gasteiger partial charge in [-0.25, -0.2) is 0 Å². The lowest BCUT2D eigenvalue weighted by Gasteiger charge is -2.34. The minimum Gasteiger partial charge on any atom is -0.335 e. The van der Waals surface area contributed by atoms with E-state index in [1.54, 1.807) is 36.2 Å². The van der Waals surface area contributed by atoms with Crippen LogP contribution in [0.2, 0.25) is 5.02 Å². The molecular weight excluding hydrogens is 450 g/mol. The van der Waals surface area contributed by atoms with Crippen molar-refractivity contribution in [3.05, 3.63) is 64.2 Å². The summed E-state index contributed by atoms with van der Waals surface area (Å²) in [5.74, 6) is -0.305. The lowest BCUT2D eigenvalue weighted by atomic mass is 9.84. The molecule has 1 saturated heterocycles. The van der Waals surface area contributed by atoms with E-state index < -0.39 is 6.04 Å². The standard InChI is InChI=1S/C27H32ClN3O3/c1-17-8-6-12-22(18(17)2)29-25(32)16-30(3)27(34)24-15-19-9-4-5-13-23(19)31(24)26(33)20-10-7-11-21(28)14-20/h6-8,10-12,14,19,23-24H,4-5,9,13,15-16H2,1-3H3,(H,29,32). The molecule has 7 heteroatoms. The fourth-order valence-corrected chi connectivity index (χ4v) is 5.56. The fourth-order valence-electron chi connectivity index (χ4n) is 5.37. The van der Waals surface area contributed by atoms with Gasteiger partial charge in [-0.1, -0.05) is 42.6 Å². The molecule has 180 valence electrons. The van der Waals surface area contributed by atoms with Crippen molar-refractivity contribution in [2.75, 3.05) is 18.9 Å². The molecule has 4 rings (SSSR count). The Balaban J connectivity index is 1.50. The number of fused-ring (bicyclic) bond motifs is 1. The molecule has 34 heavy (non-hydrogen) atoms. The summed E-state index contributed by atoms with van der Waals surface area (Å²) in [6.45, 7) is 3.88. The summed E-state index contributed by atoms with van der Waals surface area (Å²) in [7, 11) is 1.63. The highest BCUT2D eigenvalue weighted by Crippen LogP contribution is 2.41. The summed E-state index contributed by atoms with van der Waals surface area (Å²) in [6, 6.07) is 12.1. The molecule has 2 aromatic carbocycles. The van der Waals surface area contributed by atoms with Crippen LogP contribution in [0.5, 0.6) is 0 Å². The molecular formula is C27H32ClN3O3. The van der Waals surface area contributed by atoms with Gasteiger partial charge in [0, 0.05) is 29.4 Å². The third-order valence-corrected chi connectivity index (χ3v) is 7.55. The summed E-state index contributed by atoms with van der Waals surface area (Å²) >= 11 is 6.14. The van der Waals surface area contributed by atoms with E-state index in [2.05, 4.69) is 5.32 Å². The number of likely N-dealkylation sites (N-methyl/N-ethyl adjacent to an activating group) is 1. The number of carbonyl (C=O) groups excluding carboxylic acids is 3. The highest BCUT2D eigenvalue weighted by molar-refractivity contribution is 6.31. The van der Waals surface area contributed by atoms with E-state index in [1.807, 2.05) is 32.0 Å². The third-order valence-electron chi connectivity index (χ3n) is 7.31. The molecule has 0 radical (unpaired) electrons. The summed E-state index contributed by atoms with van der Waals surface area (Å²) in [5.41, 5.74) is 3.33. The van der Waals surface area contributed by atoms with Gasteiger partial charge < -0.3 is 15.1 Å². The van der Waals surface area contributed by atoms with Crippen LogP contribution in [0.15, 0.2) is 42.5 Å². The van der Waals surface area contributed by atoms with Gasteiger partial charge in [0.2, 0.25) is 11.8 Å². The molecule has 1 heterocycles. The number of hydrogen-bond donors (Lipinski definition) is 1. The van der Waals surface area contributed by atoms with E-state index in [0.717, 1.165) is 42.5 Å². The summed E-state index contributed by atoms with van der Waals surface area (Å²) in [6.07, 6.45) is 4.73. The molecule has 6 nitrogen and oxygen atoms in total. The van der Waals surface area contributed by atoms with Crippen LogP contribution in [-0.4, -0.2) is 53.2 Å². The zero-order valence-electron chi connectivity index (χ0n) is 20.0. The Morgan fingerprint density at radius 3 is 2.59 bits per heavy atom. The van der Waals surface area contributed by atoms with Crippen LogP contribution in [0, 0.1) is 19.8 Å². The van der Waals surface area contributed by atoms with Crippen molar-refractivity contribution >= 4 is 35.0 Å². The van der Waals surface area contributed by atoms with E-state index in [-0.39, 0.29) is 30.3 Å². The Hall–Kier alpha value is -2.86. The Labute approximate surface area is 206 Å². The third kappa shape index (κ3) is 4.97. The second-order valence-corrected chi connectivity index (χ2v) is 10.0. The normalized spacial score (nSPS) is 21.6. The van der Waals surface area contributed by atoms with Crippen LogP contribution < -0.4 is 5.32 Å². The van der Waals surface area contributed by atoms with Crippen molar-refractivity contribution in [1.29, 1.82) is 0 Å². The van der Waals surface area contributed by atoms with E-state index >= 15 is 0 Å². The number of amides is 3. The van der Waals surface area contributed by atoms with Crippen LogP contribution in [0.4, 0.5) is 5.69 Å². The van der Waals surface area contributed by atoms with Gasteiger partial charge in [0.25, 0.3) is 5.91 Å². The molecule has 0 spiro atoms. The van der Waals surface area contributed by atoms with E-state index in [0.29, 0.717) is 22.9 Å². The first-order valence-electron chi connectivity index (χ1n) is 12.0. The predicted octanol–water partition coefficient (Wildman–Crippen LogP) is 4.83. The largest absolute Gasteiger partial charge is 0.335 e. The number of rotatable bonds is 5. The minimum atomic E-state index is -0.571. The zero-order valence-corrected chi connectivity index (χ0v) is 20.8. The number of hydrogen-bond acceptors (Lipinski definition) is 3. The maximum atomic E-state index is 13.5. The Morgan fingerprint density at radius 2 is 1.82 bits per heavy atom. The first-order chi connectivity index (χ1) is 16.3. The average molecular weight is 482 g/mol. The van der Waals surface area contributed by atoms with Gasteiger partial charge in [-0.15, -0.1) is 0 Å². The molecule has 3 unspecified atom stereocenters. The second-order valence-electron chi connectivity index (χ2n) is 9.58. The van der Waals surface area contributed by atoms with E-state index in [4.69, 9.17) is 11.6 Å². The van der Waals surface area contributed by atoms with E-state index in [9.17, 15) is 14.4 Å². The lowest BCUT2D eigenvalue weighted by molar-refractivity contribution is -0.137. The smallest absolute Gasteiger partial charge is 0.254 e. The average Bonchev–Trinajstić information content (AvgIpc) is 3.20. The van der Waals surface area contributed by atoms with Crippen molar-refractivity contribution in [3.8, 4) is 0 Å². The number of benzene rings is 2. The minimum absolute atomic E-state index is 0.0475. The molecule has 3 amide bonds. The highest BCUT2D eigenvalue weighted by Gasteiger charge is 2.48. The van der Waals surface area contributed by atoms with Gasteiger partial charge >= 0.3 is 0 Å². The molecule has 3 atom stereocenters. The van der Waals surface area contributed by atoms with Crippen LogP contribution in [-0.2, 0) is 9.59 Å². The van der Waals surface area contributed by atoms with Gasteiger partial charge in [0.1, 0.15) is 6.04 Å². The zero-order chi connectivity index (χ0) is 24.4. The van der Waals surface area contributed by atoms with Crippen LogP contribution >= 0.6 is 11.6 Å². The summed E-state index contributed by atoms with van der Waals surface area (Å²) in [5, 5.41) is 3.41. The summed E-state index contributed by atoms with van der Waals surface area (Å²) in [4.78, 5) is 43.0. The predicted molar refractivity (Wildman–Crippen MR) is 134 cm³/mol. The van der Waals surface area contributed by atoms with Gasteiger partial charge in [0.05, 0.1) is 6.54 Å². The number of nitrogens with one attached hydrogen (secondary N) is 1. The first kappa shape index (κ1) is 24.3. The topological polar surface area (TPSA) is 69.7 Å². The SMILES string of the molecule is Cc1cccc(NC(=O)CN(C)C(=O)C2CC3CCCCC3N2C(=O)c2cccc(Cl)c2)c1C. The maximum Gasteiger partial charge on any atom is 0.254 e. The number of aryl methyl sites for hydroxylation is 1. The van der Waals surface area contributed by atoms with Gasteiger partial charge in [-0.05, 0) is 74.4 Å². The molecule has 2 fully saturated rings. The molecule has 1 aliphatic carbocycles. The number of carbonyl (C=O) groups is 3. The van der Waals surface area contributed by atoms with Gasteiger partial charge in [-0.2, -0.15) is 0 Å². The molecule has 0 aromatic heterocycles. The molecule has 2 aromatic rings. The van der Waals surface area contributed by atoms with Crippen LogP contribution in [0.25, 0.3) is 0 Å². The number of halogens is 1. The van der Waals surface area contributed by atoms with Crippen molar-refractivity contribution in [2.24, 2.45) is 5.92 Å². The highest BCUT2D eigenvalue weighted by atomic mass is 35.5. The first-order valence-corrected chi connectivity index (χ1v) is 12.3. The van der Waals surface area contributed by atoms with Crippen LogP contribution in [0.3, 0.4) is 0 Å². The molecule has 0 bridgehead atoms. The van der Waals surface area contributed by atoms with Crippen molar-refractivity contribution < 1.29 is 14.4 Å². The number of anilines is 1. The molecule has 1 aliphatic heterocycles. The lowest BCUT2D eigenvalue weighted by Crippen LogP contribution is -2.51. The van der Waals surface area contributed by atoms with Crippen molar-refractivity contribution in [3.63, 3.8) is 0 Å². The summed E-state index contributed by atoms with van der Waals surface area (Å²) < 4.78 is 0. The Morgan fingerprint density at radius 1 is 1.09 bits per heavy atom. The fraction of sp³-hybridized carbons (Fsp3) is 0.444. The molecule has 2 aliphatic rings. The van der Waals surface area contributed by atoms with Gasteiger partial charge in [0.15, 0.2) is 0 Å². The van der Waals surface area contributed by atoms with Crippen molar-refractivity contribution in [1.82, 2.24) is 9.80 Å². The monoisotopic (exact) mass is 481 g/mol. The Bertz CT molecular complexity index is 1100. The second kappa shape index (κ2) is 10.2. The number of nitrogens with zero attached hydrogens (tertiary/aromatic N) is 2. The molecule has 1 N–H and O–H groups in total. The van der Waals surface area contributed by atoms with E-state index in [1.165, 1.54) is 4.90 Å². The maximum absolute atomic E-state index is 13.5. The van der Waals surface area contributed by atoms with Gasteiger partial charge in [-0.3, -0.25) is 14.4 Å². The Kier molecular flexibility index (Phi) is 7.27. The van der Waals surface area contributed by atoms with Crippen molar-refractivity contribution in [2.45, 2.75) is 58.0 Å². The number of likely N-dealkylation sites (tertiary alicyclic amines) is 1. The van der Waals surface area contributed by atoms with Crippen LogP contribution in [0.1, 0.15) is 53.6 Å².